The van der Waals surface area contributed by atoms with E-state index in [-0.39, 0.29) is 0 Å². The third-order valence-electron chi connectivity index (χ3n) is 11.5. The average Bonchev–Trinajstić information content (AvgIpc) is 3.77. The van der Waals surface area contributed by atoms with Crippen LogP contribution in [0.3, 0.4) is 0 Å². The van der Waals surface area contributed by atoms with Crippen LogP contribution in [0.5, 0.6) is 0 Å². The Balaban J connectivity index is 1.15. The molecular weight excluding hydrogens is 695 g/mol. The molecule has 8 aromatic carbocycles. The van der Waals surface area contributed by atoms with Crippen molar-refractivity contribution in [3.05, 3.63) is 204 Å². The van der Waals surface area contributed by atoms with Crippen molar-refractivity contribution in [3.63, 3.8) is 0 Å². The quantitative estimate of drug-likeness (QED) is 0.171. The van der Waals surface area contributed by atoms with Crippen LogP contribution in [0.1, 0.15) is 36.5 Å². The molecule has 10 aromatic rings. The van der Waals surface area contributed by atoms with Crippen LogP contribution in [0, 0.1) is 0 Å². The highest BCUT2D eigenvalue weighted by molar-refractivity contribution is 6.16. The Hall–Kier alpha value is -7.23. The highest BCUT2D eigenvalue weighted by Crippen LogP contribution is 2.41. The van der Waals surface area contributed by atoms with Crippen molar-refractivity contribution in [3.8, 4) is 22.3 Å². The fraction of sp³-hybridized carbons (Fsp3) is 0.0556. The van der Waals surface area contributed by atoms with Gasteiger partial charge in [0.2, 0.25) is 0 Å². The van der Waals surface area contributed by atoms with E-state index in [1.165, 1.54) is 27.5 Å². The normalized spacial score (nSPS) is 13.5. The first-order valence-electron chi connectivity index (χ1n) is 19.7. The molecule has 0 fully saturated rings. The van der Waals surface area contributed by atoms with Crippen molar-refractivity contribution in [1.82, 2.24) is 0 Å². The number of furan rings is 2. The van der Waals surface area contributed by atoms with Crippen molar-refractivity contribution >= 4 is 71.6 Å². The lowest BCUT2D eigenvalue weighted by Gasteiger charge is -2.15. The maximum atomic E-state index is 6.25. The van der Waals surface area contributed by atoms with Crippen LogP contribution in [0.25, 0.3) is 88.2 Å². The lowest BCUT2D eigenvalue weighted by atomic mass is 9.90. The summed E-state index contributed by atoms with van der Waals surface area (Å²) in [7, 11) is 0. The molecule has 57 heavy (non-hydrogen) atoms. The first-order chi connectivity index (χ1) is 28.1. The minimum absolute atomic E-state index is 0.802. The van der Waals surface area contributed by atoms with Crippen molar-refractivity contribution < 1.29 is 8.83 Å². The second-order valence-electron chi connectivity index (χ2n) is 15.0. The fourth-order valence-corrected chi connectivity index (χ4v) is 8.57. The van der Waals surface area contributed by atoms with Gasteiger partial charge in [-0.05, 0) is 129 Å². The highest BCUT2D eigenvalue weighted by atomic mass is 16.3. The molecule has 0 N–H and O–H groups in total. The number of rotatable bonds is 6. The summed E-state index contributed by atoms with van der Waals surface area (Å²) in [4.78, 5) is 5.68. The van der Waals surface area contributed by atoms with Crippen molar-refractivity contribution in [2.75, 3.05) is 0 Å². The second kappa shape index (κ2) is 13.5. The van der Waals surface area contributed by atoms with Crippen LogP contribution in [-0.2, 0) is 0 Å². The standard InChI is InChI=1S/C54H37NO2/c1-2-34-26-43(35-12-4-3-5-13-35)33-49(40-21-20-36-14-6-7-15-37(36)27-40)55-54(34)44-29-41(38-22-24-52-47(31-38)45-16-8-10-18-50(45)56-52)28-42(30-44)39-23-25-53-48(32-39)46-17-9-11-19-51(46)57-53/h3-25,27-33H,2,26H2,1H3. The number of para-hydroxylation sites is 2. The minimum Gasteiger partial charge on any atom is -0.456 e. The molecule has 0 saturated heterocycles. The summed E-state index contributed by atoms with van der Waals surface area (Å²) in [6.07, 6.45) is 3.98. The molecule has 0 amide bonds. The number of fused-ring (bicyclic) bond motifs is 7. The molecule has 270 valence electrons. The average molecular weight is 732 g/mol. The third kappa shape index (κ3) is 5.87. The van der Waals surface area contributed by atoms with E-state index in [2.05, 4.69) is 165 Å². The van der Waals surface area contributed by atoms with E-state index in [9.17, 15) is 0 Å². The van der Waals surface area contributed by atoms with Gasteiger partial charge in [-0.2, -0.15) is 0 Å². The first kappa shape index (κ1) is 33.1. The summed E-state index contributed by atoms with van der Waals surface area (Å²) in [6.45, 7) is 2.26. The van der Waals surface area contributed by atoms with Gasteiger partial charge in [-0.25, -0.2) is 4.99 Å². The predicted molar refractivity (Wildman–Crippen MR) is 239 cm³/mol. The molecule has 0 radical (unpaired) electrons. The van der Waals surface area contributed by atoms with Crippen molar-refractivity contribution in [2.45, 2.75) is 19.8 Å². The molecule has 3 heteroatoms. The molecule has 1 aliphatic rings. The highest BCUT2D eigenvalue weighted by Gasteiger charge is 2.20. The largest absolute Gasteiger partial charge is 0.456 e. The zero-order chi connectivity index (χ0) is 37.9. The van der Waals surface area contributed by atoms with E-state index < -0.39 is 0 Å². The Bertz CT molecular complexity index is 3170. The minimum atomic E-state index is 0.802. The van der Waals surface area contributed by atoms with Crippen LogP contribution >= 0.6 is 0 Å². The Kier molecular flexibility index (Phi) is 7.85. The van der Waals surface area contributed by atoms with Gasteiger partial charge in [0.05, 0.1) is 11.4 Å². The van der Waals surface area contributed by atoms with Gasteiger partial charge in [-0.3, -0.25) is 0 Å². The number of allylic oxidation sites excluding steroid dienone is 3. The van der Waals surface area contributed by atoms with Gasteiger partial charge >= 0.3 is 0 Å². The van der Waals surface area contributed by atoms with E-state index in [1.54, 1.807) is 0 Å². The summed E-state index contributed by atoms with van der Waals surface area (Å²) < 4.78 is 12.5. The maximum Gasteiger partial charge on any atom is 0.135 e. The lowest BCUT2D eigenvalue weighted by molar-refractivity contribution is 0.668. The van der Waals surface area contributed by atoms with Gasteiger partial charge < -0.3 is 8.83 Å². The monoisotopic (exact) mass is 731 g/mol. The van der Waals surface area contributed by atoms with E-state index in [1.807, 2.05) is 24.3 Å². The molecule has 0 spiro atoms. The van der Waals surface area contributed by atoms with Crippen LogP contribution in [-0.4, -0.2) is 5.71 Å². The number of benzene rings is 8. The molecule has 11 rings (SSSR count). The molecule has 1 aliphatic heterocycles. The topological polar surface area (TPSA) is 38.6 Å². The van der Waals surface area contributed by atoms with Gasteiger partial charge in [0, 0.05) is 32.7 Å². The zero-order valence-corrected chi connectivity index (χ0v) is 31.5. The number of hydrogen-bond donors (Lipinski definition) is 0. The molecule has 0 unspecified atom stereocenters. The summed E-state index contributed by atoms with van der Waals surface area (Å²) >= 11 is 0. The maximum absolute atomic E-state index is 6.25. The van der Waals surface area contributed by atoms with Crippen LogP contribution in [0.4, 0.5) is 0 Å². The van der Waals surface area contributed by atoms with E-state index in [0.717, 1.165) is 102 Å². The fourth-order valence-electron chi connectivity index (χ4n) is 8.57. The Morgan fingerprint density at radius 3 is 1.61 bits per heavy atom. The smallest absolute Gasteiger partial charge is 0.135 e. The van der Waals surface area contributed by atoms with Crippen LogP contribution < -0.4 is 0 Å². The summed E-state index contributed by atoms with van der Waals surface area (Å²) in [5, 5.41) is 6.87. The number of hydrogen-bond acceptors (Lipinski definition) is 3. The van der Waals surface area contributed by atoms with E-state index >= 15 is 0 Å². The van der Waals surface area contributed by atoms with Crippen molar-refractivity contribution in [1.29, 1.82) is 0 Å². The van der Waals surface area contributed by atoms with Gasteiger partial charge in [0.1, 0.15) is 22.3 Å². The molecule has 0 saturated carbocycles. The summed E-state index contributed by atoms with van der Waals surface area (Å²) in [5.41, 5.74) is 16.0. The lowest BCUT2D eigenvalue weighted by Crippen LogP contribution is -1.99. The molecule has 3 nitrogen and oxygen atoms in total. The zero-order valence-electron chi connectivity index (χ0n) is 31.5. The first-order valence-corrected chi connectivity index (χ1v) is 19.7. The van der Waals surface area contributed by atoms with E-state index in [4.69, 9.17) is 13.8 Å². The summed E-state index contributed by atoms with van der Waals surface area (Å²) in [5.74, 6) is 0. The molecule has 0 aliphatic carbocycles. The predicted octanol–water partition coefficient (Wildman–Crippen LogP) is 15.1. The van der Waals surface area contributed by atoms with Gasteiger partial charge in [0.15, 0.2) is 0 Å². The van der Waals surface area contributed by atoms with Crippen molar-refractivity contribution in [2.24, 2.45) is 4.99 Å². The number of nitrogens with zero attached hydrogens (tertiary/aromatic N) is 1. The van der Waals surface area contributed by atoms with Gasteiger partial charge in [-0.15, -0.1) is 0 Å². The summed E-state index contributed by atoms with van der Waals surface area (Å²) in [6, 6.07) is 62.7. The second-order valence-corrected chi connectivity index (χ2v) is 15.0. The Morgan fingerprint density at radius 1 is 0.421 bits per heavy atom. The van der Waals surface area contributed by atoms with Crippen LogP contribution in [0.2, 0.25) is 0 Å². The molecule has 0 bridgehead atoms. The molecule has 0 atom stereocenters. The van der Waals surface area contributed by atoms with Gasteiger partial charge in [-0.1, -0.05) is 122 Å². The molecule has 2 aromatic heterocycles. The molecule has 3 heterocycles. The number of aliphatic imine (C=N–C) groups is 1. The molecular formula is C54H37NO2. The SMILES string of the molecule is CCC1=C(c2cc(-c3ccc4oc5ccccc5c4c3)cc(-c3ccc4oc5ccccc5c4c3)c2)N=C(c2ccc3ccccc3c2)C=C(c2ccccc2)C1. The Labute approximate surface area is 330 Å². The Morgan fingerprint density at radius 2 is 0.965 bits per heavy atom. The third-order valence-corrected chi connectivity index (χ3v) is 11.5. The van der Waals surface area contributed by atoms with Gasteiger partial charge in [0.25, 0.3) is 0 Å². The van der Waals surface area contributed by atoms with Crippen LogP contribution in [0.15, 0.2) is 201 Å². The van der Waals surface area contributed by atoms with E-state index in [0.29, 0.717) is 0 Å².